The number of nitrogens with zero attached hydrogens (tertiary/aromatic N) is 2. The standard InChI is InChI=1S/C12H10BrN3O/c13-12-11-9(14)4-1-5-16(11)10(15-12)7-8-3-2-6-17-8/h1-6H,7,14H2. The van der Waals surface area contributed by atoms with Crippen molar-refractivity contribution >= 4 is 27.1 Å². The van der Waals surface area contributed by atoms with Crippen molar-refractivity contribution in [1.29, 1.82) is 0 Å². The van der Waals surface area contributed by atoms with E-state index in [1.54, 1.807) is 6.26 Å². The number of fused-ring (bicyclic) bond motifs is 1. The van der Waals surface area contributed by atoms with E-state index in [0.29, 0.717) is 12.1 Å². The minimum absolute atomic E-state index is 0.642. The molecule has 86 valence electrons. The number of pyridine rings is 1. The average Bonchev–Trinajstić information content (AvgIpc) is 2.90. The number of nitrogen functional groups attached to an aromatic ring is 1. The summed E-state index contributed by atoms with van der Waals surface area (Å²) in [6.45, 7) is 0. The minimum Gasteiger partial charge on any atom is -0.469 e. The Kier molecular flexibility index (Phi) is 2.40. The molecule has 0 aromatic carbocycles. The van der Waals surface area contributed by atoms with E-state index in [1.807, 2.05) is 34.9 Å². The molecule has 3 heterocycles. The van der Waals surface area contributed by atoms with Crippen LogP contribution in [0.2, 0.25) is 0 Å². The molecule has 3 aromatic rings. The van der Waals surface area contributed by atoms with E-state index in [1.165, 1.54) is 0 Å². The van der Waals surface area contributed by atoms with Gasteiger partial charge in [-0.3, -0.25) is 0 Å². The highest BCUT2D eigenvalue weighted by molar-refractivity contribution is 9.10. The third kappa shape index (κ3) is 1.72. The van der Waals surface area contributed by atoms with Crippen molar-refractivity contribution in [2.24, 2.45) is 0 Å². The summed E-state index contributed by atoms with van der Waals surface area (Å²) in [7, 11) is 0. The molecule has 0 aliphatic carbocycles. The van der Waals surface area contributed by atoms with E-state index >= 15 is 0 Å². The fraction of sp³-hybridized carbons (Fsp3) is 0.0833. The zero-order valence-electron chi connectivity index (χ0n) is 8.93. The molecule has 17 heavy (non-hydrogen) atoms. The second kappa shape index (κ2) is 3.92. The number of aromatic nitrogens is 2. The summed E-state index contributed by atoms with van der Waals surface area (Å²) < 4.78 is 8.06. The van der Waals surface area contributed by atoms with Crippen LogP contribution in [0.1, 0.15) is 11.6 Å². The SMILES string of the molecule is Nc1cccn2c(Cc3ccco3)nc(Br)c12. The molecule has 0 spiro atoms. The number of nitrogens with two attached hydrogens (primary N) is 1. The van der Waals surface area contributed by atoms with Crippen molar-refractivity contribution in [2.75, 3.05) is 5.73 Å². The molecule has 0 fully saturated rings. The molecule has 0 saturated carbocycles. The lowest BCUT2D eigenvalue weighted by atomic mass is 10.3. The van der Waals surface area contributed by atoms with Gasteiger partial charge in [-0.05, 0) is 40.2 Å². The van der Waals surface area contributed by atoms with Crippen LogP contribution in [0.4, 0.5) is 5.69 Å². The van der Waals surface area contributed by atoms with Crippen LogP contribution in [0.3, 0.4) is 0 Å². The molecule has 0 unspecified atom stereocenters. The molecule has 0 bridgehead atoms. The average molecular weight is 292 g/mol. The summed E-state index contributed by atoms with van der Waals surface area (Å²) in [4.78, 5) is 4.47. The highest BCUT2D eigenvalue weighted by Crippen LogP contribution is 2.25. The fourth-order valence-electron chi connectivity index (χ4n) is 1.87. The van der Waals surface area contributed by atoms with Crippen LogP contribution in [-0.4, -0.2) is 9.38 Å². The predicted octanol–water partition coefficient (Wildman–Crippen LogP) is 2.86. The summed E-state index contributed by atoms with van der Waals surface area (Å²) >= 11 is 3.43. The van der Waals surface area contributed by atoms with Gasteiger partial charge in [0.05, 0.1) is 18.4 Å². The van der Waals surface area contributed by atoms with E-state index in [0.717, 1.165) is 21.7 Å². The first kappa shape index (κ1) is 10.4. The summed E-state index contributed by atoms with van der Waals surface area (Å²) in [6.07, 6.45) is 4.25. The Morgan fingerprint density at radius 3 is 3.00 bits per heavy atom. The molecule has 4 nitrogen and oxygen atoms in total. The molecule has 3 rings (SSSR count). The Hall–Kier alpha value is -1.75. The van der Waals surface area contributed by atoms with Gasteiger partial charge in [0, 0.05) is 6.20 Å². The third-order valence-electron chi connectivity index (χ3n) is 2.64. The first-order valence-corrected chi connectivity index (χ1v) is 5.98. The van der Waals surface area contributed by atoms with Crippen LogP contribution in [0.15, 0.2) is 45.7 Å². The maximum absolute atomic E-state index is 5.93. The smallest absolute Gasteiger partial charge is 0.134 e. The van der Waals surface area contributed by atoms with Crippen molar-refractivity contribution < 1.29 is 4.42 Å². The normalized spacial score (nSPS) is 11.1. The van der Waals surface area contributed by atoms with Gasteiger partial charge < -0.3 is 14.6 Å². The number of imidazole rings is 1. The summed E-state index contributed by atoms with van der Waals surface area (Å²) in [6, 6.07) is 7.57. The zero-order chi connectivity index (χ0) is 11.8. The number of furan rings is 1. The second-order valence-electron chi connectivity index (χ2n) is 3.76. The number of anilines is 1. The van der Waals surface area contributed by atoms with Crippen molar-refractivity contribution in [1.82, 2.24) is 9.38 Å². The molecule has 0 saturated heterocycles. The molecular weight excluding hydrogens is 282 g/mol. The van der Waals surface area contributed by atoms with Gasteiger partial charge in [0.1, 0.15) is 21.7 Å². The molecule has 0 aliphatic rings. The Bertz CT molecular complexity index is 658. The topological polar surface area (TPSA) is 56.5 Å². The number of halogens is 1. The maximum atomic E-state index is 5.93. The van der Waals surface area contributed by atoms with Crippen LogP contribution >= 0.6 is 15.9 Å². The lowest BCUT2D eigenvalue weighted by Crippen LogP contribution is -1.96. The second-order valence-corrected chi connectivity index (χ2v) is 4.51. The third-order valence-corrected chi connectivity index (χ3v) is 3.19. The first-order valence-electron chi connectivity index (χ1n) is 5.19. The number of hydrogen-bond donors (Lipinski definition) is 1. The van der Waals surface area contributed by atoms with Gasteiger partial charge in [-0.1, -0.05) is 0 Å². The van der Waals surface area contributed by atoms with Gasteiger partial charge >= 0.3 is 0 Å². The Balaban J connectivity index is 2.15. The van der Waals surface area contributed by atoms with Crippen LogP contribution in [0.5, 0.6) is 0 Å². The van der Waals surface area contributed by atoms with Crippen LogP contribution in [-0.2, 0) is 6.42 Å². The largest absolute Gasteiger partial charge is 0.469 e. The monoisotopic (exact) mass is 291 g/mol. The van der Waals surface area contributed by atoms with E-state index in [-0.39, 0.29) is 0 Å². The van der Waals surface area contributed by atoms with Crippen molar-refractivity contribution in [3.63, 3.8) is 0 Å². The van der Waals surface area contributed by atoms with Gasteiger partial charge in [0.2, 0.25) is 0 Å². The lowest BCUT2D eigenvalue weighted by molar-refractivity contribution is 0.516. The van der Waals surface area contributed by atoms with E-state index in [2.05, 4.69) is 20.9 Å². The molecule has 0 amide bonds. The maximum Gasteiger partial charge on any atom is 0.134 e. The molecule has 3 aromatic heterocycles. The quantitative estimate of drug-likeness (QED) is 0.790. The lowest BCUT2D eigenvalue weighted by Gasteiger charge is -2.01. The van der Waals surface area contributed by atoms with Crippen molar-refractivity contribution in [3.8, 4) is 0 Å². The van der Waals surface area contributed by atoms with Crippen molar-refractivity contribution in [2.45, 2.75) is 6.42 Å². The molecule has 0 atom stereocenters. The molecule has 5 heteroatoms. The zero-order valence-corrected chi connectivity index (χ0v) is 10.5. The first-order chi connectivity index (χ1) is 8.25. The van der Waals surface area contributed by atoms with E-state index in [4.69, 9.17) is 10.2 Å². The fourth-order valence-corrected chi connectivity index (χ4v) is 2.50. The Morgan fingerprint density at radius 1 is 1.35 bits per heavy atom. The molecule has 0 aliphatic heterocycles. The highest BCUT2D eigenvalue weighted by atomic mass is 79.9. The Morgan fingerprint density at radius 2 is 2.24 bits per heavy atom. The van der Waals surface area contributed by atoms with Gasteiger partial charge in [-0.15, -0.1) is 0 Å². The Labute approximate surface area is 106 Å². The molecular formula is C12H10BrN3O. The van der Waals surface area contributed by atoms with E-state index < -0.39 is 0 Å². The number of hydrogen-bond acceptors (Lipinski definition) is 3. The van der Waals surface area contributed by atoms with Gasteiger partial charge in [-0.2, -0.15) is 0 Å². The van der Waals surface area contributed by atoms with Gasteiger partial charge in [0.15, 0.2) is 0 Å². The number of rotatable bonds is 2. The molecule has 2 N–H and O–H groups in total. The van der Waals surface area contributed by atoms with Crippen molar-refractivity contribution in [3.05, 3.63) is 52.9 Å². The predicted molar refractivity (Wildman–Crippen MR) is 68.8 cm³/mol. The van der Waals surface area contributed by atoms with Crippen LogP contribution < -0.4 is 5.73 Å². The summed E-state index contributed by atoms with van der Waals surface area (Å²) in [5, 5.41) is 0. The van der Waals surface area contributed by atoms with Gasteiger partial charge in [-0.25, -0.2) is 4.98 Å². The molecule has 0 radical (unpaired) electrons. The summed E-state index contributed by atoms with van der Waals surface area (Å²) in [5.74, 6) is 1.78. The summed E-state index contributed by atoms with van der Waals surface area (Å²) in [5.41, 5.74) is 7.53. The highest BCUT2D eigenvalue weighted by Gasteiger charge is 2.12. The minimum atomic E-state index is 0.642. The van der Waals surface area contributed by atoms with E-state index in [9.17, 15) is 0 Å². The van der Waals surface area contributed by atoms with Gasteiger partial charge in [0.25, 0.3) is 0 Å². The van der Waals surface area contributed by atoms with Crippen LogP contribution in [0, 0.1) is 0 Å². The van der Waals surface area contributed by atoms with Crippen LogP contribution in [0.25, 0.3) is 5.52 Å².